The molecule has 0 aliphatic heterocycles. The average Bonchev–Trinajstić information content (AvgIpc) is 2.43. The molecule has 0 saturated heterocycles. The predicted octanol–water partition coefficient (Wildman–Crippen LogP) is 3.34. The third-order valence-corrected chi connectivity index (χ3v) is 3.40. The van der Waals surface area contributed by atoms with Crippen LogP contribution in [0.2, 0.25) is 0 Å². The van der Waals surface area contributed by atoms with E-state index in [1.54, 1.807) is 6.08 Å². The zero-order valence-electron chi connectivity index (χ0n) is 12.8. The minimum absolute atomic E-state index is 0.212. The van der Waals surface area contributed by atoms with Gasteiger partial charge in [0.1, 0.15) is 5.49 Å². The minimum Gasteiger partial charge on any atom is -0.326 e. The van der Waals surface area contributed by atoms with Gasteiger partial charge in [-0.3, -0.25) is 4.79 Å². The van der Waals surface area contributed by atoms with Gasteiger partial charge in [0.05, 0.1) is 0 Å². The maximum absolute atomic E-state index is 12.4. The number of carbonyl (C=O) groups is 1. The first-order valence-electron chi connectivity index (χ1n) is 6.96. The van der Waals surface area contributed by atoms with E-state index < -0.39 is 0 Å². The molecule has 1 heterocycles. The lowest BCUT2D eigenvalue weighted by Gasteiger charge is -2.10. The van der Waals surface area contributed by atoms with Crippen molar-refractivity contribution in [3.05, 3.63) is 76.9 Å². The van der Waals surface area contributed by atoms with Crippen LogP contribution < -0.4 is 5.49 Å². The van der Waals surface area contributed by atoms with E-state index in [4.69, 9.17) is 0 Å². The smallest absolute Gasteiger partial charge is 0.279 e. The van der Waals surface area contributed by atoms with Gasteiger partial charge in [0, 0.05) is 17.8 Å². The summed E-state index contributed by atoms with van der Waals surface area (Å²) in [4.78, 5) is 16.7. The molecule has 3 nitrogen and oxygen atoms in total. The summed E-state index contributed by atoms with van der Waals surface area (Å²) in [6.45, 7) is 10.3. The molecule has 2 rings (SSSR count). The van der Waals surface area contributed by atoms with Crippen molar-refractivity contribution in [2.75, 3.05) is 0 Å². The maximum atomic E-state index is 12.4. The fraction of sp³-hybridized carbons (Fsp3) is 0.222. The van der Waals surface area contributed by atoms with Crippen molar-refractivity contribution in [2.45, 2.75) is 27.3 Å². The number of hydrogen-bond donors (Lipinski definition) is 0. The van der Waals surface area contributed by atoms with Gasteiger partial charge in [-0.25, -0.2) is 0 Å². The van der Waals surface area contributed by atoms with Gasteiger partial charge >= 0.3 is 0 Å². The van der Waals surface area contributed by atoms with Crippen molar-refractivity contribution in [1.29, 1.82) is 0 Å². The number of amides is 1. The van der Waals surface area contributed by atoms with Crippen molar-refractivity contribution in [3.8, 4) is 0 Å². The molecule has 1 amide bonds. The first-order chi connectivity index (χ1) is 10.0. The number of hydrogen-bond acceptors (Lipinski definition) is 1. The number of allylic oxidation sites excluding steroid dienone is 1. The van der Waals surface area contributed by atoms with Crippen molar-refractivity contribution in [3.63, 3.8) is 0 Å². The number of aromatic nitrogens is 1. The zero-order chi connectivity index (χ0) is 15.4. The summed E-state index contributed by atoms with van der Waals surface area (Å²) in [6.07, 6.45) is 1.81. The summed E-state index contributed by atoms with van der Waals surface area (Å²) < 4.78 is 1.98. The lowest BCUT2D eigenvalue weighted by atomic mass is 10.1. The normalized spacial score (nSPS) is 11.5. The summed E-state index contributed by atoms with van der Waals surface area (Å²) in [5, 5.41) is 0. The third kappa shape index (κ3) is 3.37. The SMILES string of the molecule is C=CCn1c(C)cc(C)c/c1=N\C(=O)c1ccccc1C. The predicted molar refractivity (Wildman–Crippen MR) is 85.2 cm³/mol. The van der Waals surface area contributed by atoms with E-state index in [1.807, 2.05) is 55.7 Å². The fourth-order valence-electron chi connectivity index (χ4n) is 2.35. The van der Waals surface area contributed by atoms with Crippen molar-refractivity contribution in [2.24, 2.45) is 4.99 Å². The first kappa shape index (κ1) is 15.0. The molecule has 0 aliphatic rings. The Bertz CT molecular complexity index is 754. The molecule has 0 saturated carbocycles. The Labute approximate surface area is 125 Å². The molecule has 0 bridgehead atoms. The van der Waals surface area contributed by atoms with E-state index >= 15 is 0 Å². The van der Waals surface area contributed by atoms with Gasteiger partial charge in [0.25, 0.3) is 5.91 Å². The molecule has 0 fully saturated rings. The lowest BCUT2D eigenvalue weighted by molar-refractivity contribution is 0.0996. The van der Waals surface area contributed by atoms with Crippen LogP contribution in [0.15, 0.2) is 54.0 Å². The molecule has 21 heavy (non-hydrogen) atoms. The summed E-state index contributed by atoms with van der Waals surface area (Å²) in [5.41, 5.74) is 4.39. The van der Waals surface area contributed by atoms with Crippen LogP contribution in [0.3, 0.4) is 0 Å². The van der Waals surface area contributed by atoms with Gasteiger partial charge in [-0.2, -0.15) is 4.99 Å². The molecule has 0 N–H and O–H groups in total. The number of rotatable bonds is 3. The lowest BCUT2D eigenvalue weighted by Crippen LogP contribution is -2.24. The summed E-state index contributed by atoms with van der Waals surface area (Å²) in [7, 11) is 0. The molecule has 2 aromatic rings. The Morgan fingerprint density at radius 2 is 1.95 bits per heavy atom. The summed E-state index contributed by atoms with van der Waals surface area (Å²) >= 11 is 0. The van der Waals surface area contributed by atoms with Gasteiger partial charge in [0.15, 0.2) is 0 Å². The summed E-state index contributed by atoms with van der Waals surface area (Å²) in [5.74, 6) is -0.212. The highest BCUT2D eigenvalue weighted by molar-refractivity contribution is 5.96. The Morgan fingerprint density at radius 3 is 2.62 bits per heavy atom. The molecule has 0 spiro atoms. The average molecular weight is 280 g/mol. The highest BCUT2D eigenvalue weighted by Crippen LogP contribution is 2.08. The van der Waals surface area contributed by atoms with Crippen LogP contribution in [0.1, 0.15) is 27.2 Å². The second-order valence-electron chi connectivity index (χ2n) is 5.16. The van der Waals surface area contributed by atoms with Gasteiger partial charge in [-0.1, -0.05) is 24.3 Å². The molecule has 108 valence electrons. The van der Waals surface area contributed by atoms with Crippen LogP contribution in [0.5, 0.6) is 0 Å². The van der Waals surface area contributed by atoms with Gasteiger partial charge in [-0.05, 0) is 50.1 Å². The quantitative estimate of drug-likeness (QED) is 0.794. The van der Waals surface area contributed by atoms with Gasteiger partial charge in [0.2, 0.25) is 0 Å². The molecule has 1 aromatic heterocycles. The van der Waals surface area contributed by atoms with Crippen LogP contribution >= 0.6 is 0 Å². The van der Waals surface area contributed by atoms with Gasteiger partial charge < -0.3 is 4.57 Å². The topological polar surface area (TPSA) is 34.4 Å². The molecule has 0 unspecified atom stereocenters. The van der Waals surface area contributed by atoms with E-state index in [9.17, 15) is 4.79 Å². The van der Waals surface area contributed by atoms with Crippen LogP contribution in [0.25, 0.3) is 0 Å². The highest BCUT2D eigenvalue weighted by atomic mass is 16.1. The maximum Gasteiger partial charge on any atom is 0.279 e. The van der Waals surface area contributed by atoms with Crippen molar-refractivity contribution < 1.29 is 4.79 Å². The molecular weight excluding hydrogens is 260 g/mol. The van der Waals surface area contributed by atoms with Crippen molar-refractivity contribution in [1.82, 2.24) is 4.57 Å². The van der Waals surface area contributed by atoms with Gasteiger partial charge in [-0.15, -0.1) is 6.58 Å². The largest absolute Gasteiger partial charge is 0.326 e. The second kappa shape index (κ2) is 6.35. The molecule has 3 heteroatoms. The van der Waals surface area contributed by atoms with Crippen LogP contribution in [0, 0.1) is 20.8 Å². The molecule has 0 atom stereocenters. The molecule has 0 radical (unpaired) electrons. The van der Waals surface area contributed by atoms with E-state index in [0.717, 1.165) is 16.8 Å². The fourth-order valence-corrected chi connectivity index (χ4v) is 2.35. The van der Waals surface area contributed by atoms with Crippen molar-refractivity contribution >= 4 is 5.91 Å². The number of carbonyl (C=O) groups excluding carboxylic acids is 1. The summed E-state index contributed by atoms with van der Waals surface area (Å²) in [6, 6.07) is 11.5. The number of nitrogens with zero attached hydrogens (tertiary/aromatic N) is 2. The number of aryl methyl sites for hydroxylation is 3. The Kier molecular flexibility index (Phi) is 4.53. The number of benzene rings is 1. The number of pyridine rings is 1. The monoisotopic (exact) mass is 280 g/mol. The first-order valence-corrected chi connectivity index (χ1v) is 6.96. The van der Waals surface area contributed by atoms with Crippen LogP contribution in [0.4, 0.5) is 0 Å². The Morgan fingerprint density at radius 1 is 1.24 bits per heavy atom. The molecular formula is C18H20N2O. The third-order valence-electron chi connectivity index (χ3n) is 3.40. The standard InChI is InChI=1S/C18H20N2O/c1-5-10-20-15(4)11-13(2)12-17(20)19-18(21)16-9-7-6-8-14(16)3/h5-9,11-12H,1,10H2,2-4H3/b19-17+. The zero-order valence-corrected chi connectivity index (χ0v) is 12.8. The highest BCUT2D eigenvalue weighted by Gasteiger charge is 2.07. The van der Waals surface area contributed by atoms with E-state index in [2.05, 4.69) is 17.6 Å². The van der Waals surface area contributed by atoms with E-state index in [-0.39, 0.29) is 5.91 Å². The molecule has 0 aliphatic carbocycles. The second-order valence-corrected chi connectivity index (χ2v) is 5.16. The van der Waals surface area contributed by atoms with Crippen LogP contribution in [-0.4, -0.2) is 10.5 Å². The van der Waals surface area contributed by atoms with E-state index in [0.29, 0.717) is 17.6 Å². The van der Waals surface area contributed by atoms with E-state index in [1.165, 1.54) is 0 Å². The minimum atomic E-state index is -0.212. The Balaban J connectivity index is 2.57. The van der Waals surface area contributed by atoms with Crippen LogP contribution in [-0.2, 0) is 6.54 Å². The Hall–Kier alpha value is -2.42. The molecule has 1 aromatic carbocycles.